The highest BCUT2D eigenvalue weighted by molar-refractivity contribution is 5.95. The summed E-state index contributed by atoms with van der Waals surface area (Å²) in [6, 6.07) is 10.8. The van der Waals surface area contributed by atoms with Gasteiger partial charge in [-0.15, -0.1) is 0 Å². The Hall–Kier alpha value is -3.61. The van der Waals surface area contributed by atoms with E-state index in [1.807, 2.05) is 18.2 Å². The summed E-state index contributed by atoms with van der Waals surface area (Å²) in [6.45, 7) is 0.354. The van der Waals surface area contributed by atoms with Crippen LogP contribution in [-0.2, 0) is 13.0 Å². The van der Waals surface area contributed by atoms with Crippen LogP contribution >= 0.6 is 0 Å². The third-order valence-electron chi connectivity index (χ3n) is 4.25. The minimum atomic E-state index is -0.886. The number of rotatable bonds is 5. The molecule has 0 aliphatic heterocycles. The summed E-state index contributed by atoms with van der Waals surface area (Å²) in [4.78, 5) is 20.5. The van der Waals surface area contributed by atoms with E-state index >= 15 is 0 Å². The molecular weight excluding hydrogens is 364 g/mol. The number of aromatic nitrogens is 2. The number of hydrogen-bond donors (Lipinski definition) is 1. The number of fused-ring (bicyclic) bond motifs is 1. The van der Waals surface area contributed by atoms with E-state index in [0.29, 0.717) is 29.6 Å². The van der Waals surface area contributed by atoms with Crippen molar-refractivity contribution < 1.29 is 18.0 Å². The average molecular weight is 379 g/mol. The molecule has 3 aromatic heterocycles. The fourth-order valence-electron chi connectivity index (χ4n) is 2.84. The Morgan fingerprint density at radius 1 is 0.964 bits per heavy atom. The van der Waals surface area contributed by atoms with Crippen molar-refractivity contribution in [1.82, 2.24) is 15.3 Å². The molecule has 4 rings (SSSR count). The molecular formula is C21H15F2N3O2. The molecule has 140 valence electrons. The fraction of sp³-hybridized carbons (Fsp3) is 0.0952. The molecule has 1 amide bonds. The lowest BCUT2D eigenvalue weighted by Gasteiger charge is -2.02. The highest BCUT2D eigenvalue weighted by Crippen LogP contribution is 2.21. The minimum absolute atomic E-state index is 0.154. The van der Waals surface area contributed by atoms with Gasteiger partial charge in [-0.05, 0) is 59.5 Å². The largest absolute Gasteiger partial charge is 0.433 e. The number of carbonyl (C=O) groups is 1. The van der Waals surface area contributed by atoms with Crippen molar-refractivity contribution in [3.63, 3.8) is 0 Å². The van der Waals surface area contributed by atoms with Gasteiger partial charge in [0.2, 0.25) is 5.71 Å². The van der Waals surface area contributed by atoms with E-state index in [1.165, 1.54) is 6.07 Å². The van der Waals surface area contributed by atoms with Crippen LogP contribution in [0.5, 0.6) is 0 Å². The maximum absolute atomic E-state index is 13.4. The Kier molecular flexibility index (Phi) is 4.80. The first kappa shape index (κ1) is 17.8. The molecule has 0 saturated carbocycles. The van der Waals surface area contributed by atoms with Gasteiger partial charge < -0.3 is 9.73 Å². The second-order valence-corrected chi connectivity index (χ2v) is 6.31. The monoisotopic (exact) mass is 379 g/mol. The van der Waals surface area contributed by atoms with E-state index in [2.05, 4.69) is 15.3 Å². The van der Waals surface area contributed by atoms with Gasteiger partial charge in [-0.3, -0.25) is 9.78 Å². The molecule has 0 bridgehead atoms. The topological polar surface area (TPSA) is 68.0 Å². The lowest BCUT2D eigenvalue weighted by molar-refractivity contribution is 0.0925. The van der Waals surface area contributed by atoms with E-state index in [0.717, 1.165) is 23.3 Å². The zero-order valence-electron chi connectivity index (χ0n) is 14.7. The van der Waals surface area contributed by atoms with E-state index in [9.17, 15) is 13.6 Å². The number of carbonyl (C=O) groups excluding carboxylic acids is 1. The molecule has 1 aromatic carbocycles. The molecule has 0 aliphatic rings. The zero-order chi connectivity index (χ0) is 19.5. The summed E-state index contributed by atoms with van der Waals surface area (Å²) in [5.74, 6) is -1.96. The smallest absolute Gasteiger partial charge is 0.287 e. The lowest BCUT2D eigenvalue weighted by atomic mass is 10.1. The number of pyridine rings is 2. The van der Waals surface area contributed by atoms with Crippen LogP contribution in [0.15, 0.2) is 65.5 Å². The number of nitrogens with one attached hydrogen (secondary N) is 1. The maximum atomic E-state index is 13.4. The van der Waals surface area contributed by atoms with Crippen molar-refractivity contribution >= 4 is 17.0 Å². The summed E-state index contributed by atoms with van der Waals surface area (Å²) in [7, 11) is 0. The molecule has 0 radical (unpaired) electrons. The quantitative estimate of drug-likeness (QED) is 0.569. The summed E-state index contributed by atoms with van der Waals surface area (Å²) < 4.78 is 31.9. The Labute approximate surface area is 159 Å². The number of benzene rings is 1. The van der Waals surface area contributed by atoms with Crippen LogP contribution in [0.4, 0.5) is 8.78 Å². The highest BCUT2D eigenvalue weighted by Gasteiger charge is 2.13. The maximum Gasteiger partial charge on any atom is 0.287 e. The Balaban J connectivity index is 1.49. The molecule has 0 unspecified atom stereocenters. The summed E-state index contributed by atoms with van der Waals surface area (Å²) in [6.07, 6.45) is 5.28. The first-order valence-corrected chi connectivity index (χ1v) is 8.58. The second kappa shape index (κ2) is 7.56. The van der Waals surface area contributed by atoms with Crippen molar-refractivity contribution in [3.8, 4) is 0 Å². The average Bonchev–Trinajstić information content (AvgIpc) is 3.13. The van der Waals surface area contributed by atoms with E-state index in [1.54, 1.807) is 24.7 Å². The first-order valence-electron chi connectivity index (χ1n) is 8.58. The zero-order valence-corrected chi connectivity index (χ0v) is 14.7. The third kappa shape index (κ3) is 3.88. The van der Waals surface area contributed by atoms with Gasteiger partial charge in [0.05, 0.1) is 0 Å². The normalized spacial score (nSPS) is 10.9. The van der Waals surface area contributed by atoms with Crippen molar-refractivity contribution in [1.29, 1.82) is 0 Å². The molecule has 3 heterocycles. The number of nitrogens with zero attached hydrogens (tertiary/aromatic N) is 2. The van der Waals surface area contributed by atoms with Gasteiger partial charge in [0.1, 0.15) is 0 Å². The van der Waals surface area contributed by atoms with Crippen LogP contribution in [-0.4, -0.2) is 15.9 Å². The van der Waals surface area contributed by atoms with Crippen LogP contribution in [0.3, 0.4) is 0 Å². The molecule has 5 nitrogen and oxygen atoms in total. The second-order valence-electron chi connectivity index (χ2n) is 6.31. The standard InChI is InChI=1S/C21H15F2N3O2/c22-17-2-1-14(9-18(17)23)7-15-8-16-10-19(28-21(16)26-12-15)20(27)25-11-13-3-5-24-6-4-13/h1-6,8-10,12H,7,11H2,(H,25,27). The van der Waals surface area contributed by atoms with Gasteiger partial charge in [0.25, 0.3) is 5.91 Å². The Morgan fingerprint density at radius 3 is 2.57 bits per heavy atom. The van der Waals surface area contributed by atoms with Gasteiger partial charge in [-0.25, -0.2) is 13.8 Å². The summed E-state index contributed by atoms with van der Waals surface area (Å²) in [5, 5.41) is 3.44. The molecule has 7 heteroatoms. The van der Waals surface area contributed by atoms with Crippen molar-refractivity contribution in [3.05, 3.63) is 95.1 Å². The number of halogens is 2. The lowest BCUT2D eigenvalue weighted by Crippen LogP contribution is -2.22. The Morgan fingerprint density at radius 2 is 1.79 bits per heavy atom. The van der Waals surface area contributed by atoms with Crippen molar-refractivity contribution in [2.24, 2.45) is 0 Å². The van der Waals surface area contributed by atoms with Gasteiger partial charge in [0, 0.05) is 30.5 Å². The van der Waals surface area contributed by atoms with Crippen molar-refractivity contribution in [2.45, 2.75) is 13.0 Å². The summed E-state index contributed by atoms with van der Waals surface area (Å²) in [5.41, 5.74) is 2.68. The molecule has 4 aromatic rings. The SMILES string of the molecule is O=C(NCc1ccncc1)c1cc2cc(Cc3ccc(F)c(F)c3)cnc2o1. The van der Waals surface area contributed by atoms with Crippen LogP contribution in [0.25, 0.3) is 11.1 Å². The van der Waals surface area contributed by atoms with E-state index < -0.39 is 11.6 Å². The van der Waals surface area contributed by atoms with Gasteiger partial charge >= 0.3 is 0 Å². The molecule has 0 saturated heterocycles. The molecule has 0 spiro atoms. The van der Waals surface area contributed by atoms with E-state index in [-0.39, 0.29) is 11.7 Å². The minimum Gasteiger partial charge on any atom is -0.433 e. The van der Waals surface area contributed by atoms with Gasteiger partial charge in [-0.1, -0.05) is 6.07 Å². The molecule has 1 N–H and O–H groups in total. The Bertz CT molecular complexity index is 1140. The number of furan rings is 1. The highest BCUT2D eigenvalue weighted by atomic mass is 19.2. The molecule has 0 atom stereocenters. The predicted octanol–water partition coefficient (Wildman–Crippen LogP) is 4.02. The van der Waals surface area contributed by atoms with Gasteiger partial charge in [0.15, 0.2) is 17.4 Å². The first-order chi connectivity index (χ1) is 13.6. The molecule has 28 heavy (non-hydrogen) atoms. The predicted molar refractivity (Wildman–Crippen MR) is 98.6 cm³/mol. The molecule has 0 fully saturated rings. The number of amides is 1. The van der Waals surface area contributed by atoms with Gasteiger partial charge in [-0.2, -0.15) is 0 Å². The fourth-order valence-corrected chi connectivity index (χ4v) is 2.84. The van der Waals surface area contributed by atoms with Crippen LogP contribution in [0, 0.1) is 11.6 Å². The van der Waals surface area contributed by atoms with Crippen LogP contribution in [0.1, 0.15) is 27.2 Å². The third-order valence-corrected chi connectivity index (χ3v) is 4.25. The number of hydrogen-bond acceptors (Lipinski definition) is 4. The molecule has 0 aliphatic carbocycles. The van der Waals surface area contributed by atoms with E-state index in [4.69, 9.17) is 4.42 Å². The summed E-state index contributed by atoms with van der Waals surface area (Å²) >= 11 is 0. The van der Waals surface area contributed by atoms with Crippen LogP contribution in [0.2, 0.25) is 0 Å². The van der Waals surface area contributed by atoms with Crippen molar-refractivity contribution in [2.75, 3.05) is 0 Å². The van der Waals surface area contributed by atoms with Crippen LogP contribution < -0.4 is 5.32 Å².